The number of rotatable bonds is 3. The average molecular weight is 322 g/mol. The maximum atomic E-state index is 11.2. The number of aryl methyl sites for hydroxylation is 1. The molecule has 2 aromatic rings. The van der Waals surface area contributed by atoms with Crippen LogP contribution in [0.3, 0.4) is 0 Å². The molecule has 1 heterocycles. The standard InChI is InChI=1S/C13H12BrN3O2/c1-8-4-3-5-9(12(8)14)17-11-7-15-10(6-16-11)13(18)19-2/h3-7H,1-2H3,(H,16,17). The van der Waals surface area contributed by atoms with Gasteiger partial charge in [0.05, 0.1) is 25.2 Å². The van der Waals surface area contributed by atoms with Crippen molar-refractivity contribution < 1.29 is 9.53 Å². The summed E-state index contributed by atoms with van der Waals surface area (Å²) in [5.41, 5.74) is 2.18. The van der Waals surface area contributed by atoms with Crippen molar-refractivity contribution in [3.63, 3.8) is 0 Å². The lowest BCUT2D eigenvalue weighted by Crippen LogP contribution is -2.05. The van der Waals surface area contributed by atoms with E-state index in [2.05, 4.69) is 36.0 Å². The summed E-state index contributed by atoms with van der Waals surface area (Å²) in [4.78, 5) is 19.3. The van der Waals surface area contributed by atoms with Crippen LogP contribution < -0.4 is 5.32 Å². The number of hydrogen-bond acceptors (Lipinski definition) is 5. The van der Waals surface area contributed by atoms with Crippen LogP contribution in [0.25, 0.3) is 0 Å². The molecule has 0 bridgehead atoms. The van der Waals surface area contributed by atoms with Gasteiger partial charge in [0.25, 0.3) is 0 Å². The third-order valence-electron chi connectivity index (χ3n) is 2.50. The Morgan fingerprint density at radius 1 is 1.32 bits per heavy atom. The molecule has 19 heavy (non-hydrogen) atoms. The fraction of sp³-hybridized carbons (Fsp3) is 0.154. The highest BCUT2D eigenvalue weighted by Gasteiger charge is 2.08. The van der Waals surface area contributed by atoms with E-state index >= 15 is 0 Å². The Morgan fingerprint density at radius 2 is 2.11 bits per heavy atom. The van der Waals surface area contributed by atoms with Gasteiger partial charge in [0.15, 0.2) is 5.69 Å². The molecule has 0 aliphatic heterocycles. The number of methoxy groups -OCH3 is 1. The topological polar surface area (TPSA) is 64.1 Å². The Bertz CT molecular complexity index is 599. The van der Waals surface area contributed by atoms with Crippen LogP contribution in [0.1, 0.15) is 16.1 Å². The Labute approximate surface area is 119 Å². The minimum Gasteiger partial charge on any atom is -0.464 e. The van der Waals surface area contributed by atoms with E-state index in [0.717, 1.165) is 15.7 Å². The van der Waals surface area contributed by atoms with Gasteiger partial charge in [-0.25, -0.2) is 14.8 Å². The maximum Gasteiger partial charge on any atom is 0.358 e. The van der Waals surface area contributed by atoms with Gasteiger partial charge in [-0.15, -0.1) is 0 Å². The summed E-state index contributed by atoms with van der Waals surface area (Å²) in [6.07, 6.45) is 2.86. The predicted octanol–water partition coefficient (Wildman–Crippen LogP) is 3.08. The van der Waals surface area contributed by atoms with Gasteiger partial charge in [-0.2, -0.15) is 0 Å². The smallest absolute Gasteiger partial charge is 0.358 e. The summed E-state index contributed by atoms with van der Waals surface area (Å²) in [7, 11) is 1.31. The van der Waals surface area contributed by atoms with Crippen molar-refractivity contribution >= 4 is 33.4 Å². The van der Waals surface area contributed by atoms with Crippen molar-refractivity contribution in [1.29, 1.82) is 0 Å². The molecule has 0 atom stereocenters. The molecular formula is C13H12BrN3O2. The summed E-state index contributed by atoms with van der Waals surface area (Å²) in [5.74, 6) is 0.0507. The number of carbonyl (C=O) groups is 1. The molecule has 1 aromatic heterocycles. The molecular weight excluding hydrogens is 310 g/mol. The van der Waals surface area contributed by atoms with Gasteiger partial charge in [0.1, 0.15) is 5.82 Å². The normalized spacial score (nSPS) is 10.1. The second-order valence-electron chi connectivity index (χ2n) is 3.84. The van der Waals surface area contributed by atoms with Crippen LogP contribution in [-0.4, -0.2) is 23.0 Å². The first kappa shape index (κ1) is 13.5. The van der Waals surface area contributed by atoms with Crippen molar-refractivity contribution in [3.05, 3.63) is 46.3 Å². The third kappa shape index (κ3) is 3.08. The van der Waals surface area contributed by atoms with E-state index in [0.29, 0.717) is 5.82 Å². The molecule has 0 radical (unpaired) electrons. The van der Waals surface area contributed by atoms with E-state index in [4.69, 9.17) is 0 Å². The van der Waals surface area contributed by atoms with E-state index in [9.17, 15) is 4.79 Å². The monoisotopic (exact) mass is 321 g/mol. The molecule has 1 aromatic carbocycles. The minimum atomic E-state index is -0.504. The Balaban J connectivity index is 2.20. The van der Waals surface area contributed by atoms with E-state index in [-0.39, 0.29) is 5.69 Å². The molecule has 0 aliphatic rings. The lowest BCUT2D eigenvalue weighted by Gasteiger charge is -2.09. The summed E-state index contributed by atoms with van der Waals surface area (Å²) < 4.78 is 5.53. The number of benzene rings is 1. The molecule has 6 heteroatoms. The van der Waals surface area contributed by atoms with Gasteiger partial charge >= 0.3 is 5.97 Å². The number of hydrogen-bond donors (Lipinski definition) is 1. The second-order valence-corrected chi connectivity index (χ2v) is 4.63. The molecule has 0 saturated carbocycles. The van der Waals surface area contributed by atoms with E-state index < -0.39 is 5.97 Å². The van der Waals surface area contributed by atoms with Crippen LogP contribution in [0.15, 0.2) is 35.1 Å². The lowest BCUT2D eigenvalue weighted by atomic mass is 10.2. The Morgan fingerprint density at radius 3 is 2.74 bits per heavy atom. The van der Waals surface area contributed by atoms with Crippen LogP contribution in [0.5, 0.6) is 0 Å². The number of esters is 1. The van der Waals surface area contributed by atoms with E-state index in [1.807, 2.05) is 25.1 Å². The number of carbonyl (C=O) groups excluding carboxylic acids is 1. The molecule has 0 fully saturated rings. The molecule has 98 valence electrons. The van der Waals surface area contributed by atoms with Crippen LogP contribution in [0.2, 0.25) is 0 Å². The number of nitrogens with one attached hydrogen (secondary N) is 1. The first-order chi connectivity index (χ1) is 9.11. The summed E-state index contributed by atoms with van der Waals surface area (Å²) in [6.45, 7) is 2.00. The maximum absolute atomic E-state index is 11.2. The first-order valence-corrected chi connectivity index (χ1v) is 6.33. The Hall–Kier alpha value is -1.95. The van der Waals surface area contributed by atoms with Crippen LogP contribution in [0, 0.1) is 6.92 Å². The van der Waals surface area contributed by atoms with Crippen molar-refractivity contribution in [2.24, 2.45) is 0 Å². The van der Waals surface area contributed by atoms with Gasteiger partial charge in [-0.05, 0) is 34.5 Å². The first-order valence-electron chi connectivity index (χ1n) is 5.54. The fourth-order valence-corrected chi connectivity index (χ4v) is 1.85. The molecule has 0 saturated heterocycles. The van der Waals surface area contributed by atoms with Crippen LogP contribution in [0.4, 0.5) is 11.5 Å². The third-order valence-corrected chi connectivity index (χ3v) is 3.55. The highest BCUT2D eigenvalue weighted by molar-refractivity contribution is 9.10. The number of ether oxygens (including phenoxy) is 1. The highest BCUT2D eigenvalue weighted by atomic mass is 79.9. The van der Waals surface area contributed by atoms with Gasteiger partial charge < -0.3 is 10.1 Å². The zero-order valence-electron chi connectivity index (χ0n) is 10.5. The fourth-order valence-electron chi connectivity index (χ4n) is 1.48. The Kier molecular flexibility index (Phi) is 4.11. The number of nitrogens with zero attached hydrogens (tertiary/aromatic N) is 2. The molecule has 0 aliphatic carbocycles. The highest BCUT2D eigenvalue weighted by Crippen LogP contribution is 2.27. The van der Waals surface area contributed by atoms with Crippen LogP contribution in [-0.2, 0) is 4.74 Å². The summed E-state index contributed by atoms with van der Waals surface area (Å²) in [6, 6.07) is 5.87. The lowest BCUT2D eigenvalue weighted by molar-refractivity contribution is 0.0593. The van der Waals surface area contributed by atoms with Crippen molar-refractivity contribution in [2.75, 3.05) is 12.4 Å². The second kappa shape index (κ2) is 5.79. The minimum absolute atomic E-state index is 0.177. The largest absolute Gasteiger partial charge is 0.464 e. The number of halogens is 1. The molecule has 0 spiro atoms. The zero-order chi connectivity index (χ0) is 13.8. The van der Waals surface area contributed by atoms with Gasteiger partial charge in [0, 0.05) is 4.47 Å². The van der Waals surface area contributed by atoms with Crippen LogP contribution >= 0.6 is 15.9 Å². The van der Waals surface area contributed by atoms with Gasteiger partial charge in [-0.1, -0.05) is 12.1 Å². The SMILES string of the molecule is COC(=O)c1cnc(Nc2cccc(C)c2Br)cn1. The quantitative estimate of drug-likeness (QED) is 0.880. The molecule has 0 unspecified atom stereocenters. The number of anilines is 2. The summed E-state index contributed by atoms with van der Waals surface area (Å²) >= 11 is 3.50. The van der Waals surface area contributed by atoms with Crippen molar-refractivity contribution in [3.8, 4) is 0 Å². The predicted molar refractivity (Wildman–Crippen MR) is 75.5 cm³/mol. The van der Waals surface area contributed by atoms with Crippen molar-refractivity contribution in [2.45, 2.75) is 6.92 Å². The van der Waals surface area contributed by atoms with E-state index in [1.165, 1.54) is 19.5 Å². The zero-order valence-corrected chi connectivity index (χ0v) is 12.1. The molecule has 2 rings (SSSR count). The molecule has 5 nitrogen and oxygen atoms in total. The number of aromatic nitrogens is 2. The van der Waals surface area contributed by atoms with Gasteiger partial charge in [-0.3, -0.25) is 0 Å². The summed E-state index contributed by atoms with van der Waals surface area (Å²) in [5, 5.41) is 3.12. The molecule has 1 N–H and O–H groups in total. The van der Waals surface area contributed by atoms with Gasteiger partial charge in [0.2, 0.25) is 0 Å². The van der Waals surface area contributed by atoms with E-state index in [1.54, 1.807) is 0 Å². The van der Waals surface area contributed by atoms with Crippen molar-refractivity contribution in [1.82, 2.24) is 9.97 Å². The molecule has 0 amide bonds. The average Bonchev–Trinajstić information content (AvgIpc) is 2.44.